The molecule has 15 nitrogen and oxygen atoms in total. The van der Waals surface area contributed by atoms with E-state index in [1.165, 1.54) is 10.6 Å². The summed E-state index contributed by atoms with van der Waals surface area (Å²) in [5.41, 5.74) is 10.5. The van der Waals surface area contributed by atoms with Gasteiger partial charge in [-0.3, -0.25) is 14.6 Å². The number of aromatic amines is 3. The van der Waals surface area contributed by atoms with Crippen LogP contribution < -0.4 is 21.7 Å². The Balaban J connectivity index is 0.947. The molecule has 8 rings (SSSR count). The Labute approximate surface area is 308 Å². The van der Waals surface area contributed by atoms with Crippen molar-refractivity contribution in [3.05, 3.63) is 110 Å². The Hall–Kier alpha value is -6.64. The van der Waals surface area contributed by atoms with E-state index in [0.717, 1.165) is 34.9 Å². The van der Waals surface area contributed by atoms with Gasteiger partial charge in [-0.1, -0.05) is 26.0 Å². The highest BCUT2D eigenvalue weighted by atomic mass is 16.3. The number of fused-ring (bicyclic) bond motifs is 2. The molecule has 276 valence electrons. The number of aromatic hydroxyl groups is 2. The van der Waals surface area contributed by atoms with E-state index < -0.39 is 5.69 Å². The van der Waals surface area contributed by atoms with Crippen LogP contribution in [-0.2, 0) is 19.9 Å². The summed E-state index contributed by atoms with van der Waals surface area (Å²) in [7, 11) is 2.00. The molecule has 1 aliphatic heterocycles. The number of rotatable bonds is 8. The van der Waals surface area contributed by atoms with Gasteiger partial charge >= 0.3 is 5.69 Å². The van der Waals surface area contributed by atoms with Crippen LogP contribution in [0.25, 0.3) is 39.0 Å². The van der Waals surface area contributed by atoms with Crippen molar-refractivity contribution >= 4 is 33.8 Å². The van der Waals surface area contributed by atoms with Gasteiger partial charge in [-0.05, 0) is 71.8 Å². The lowest BCUT2D eigenvalue weighted by molar-refractivity contribution is -0.795. The van der Waals surface area contributed by atoms with Gasteiger partial charge in [0.2, 0.25) is 12.1 Å². The minimum absolute atomic E-state index is 0.0000445. The predicted molar refractivity (Wildman–Crippen MR) is 203 cm³/mol. The number of phenols is 2. The first-order valence-electron chi connectivity index (χ1n) is 18.0. The van der Waals surface area contributed by atoms with Crippen LogP contribution >= 0.6 is 0 Å². The fraction of sp³-hybridized carbons (Fsp3) is 0.282. The maximum absolute atomic E-state index is 13.5. The first kappa shape index (κ1) is 34.4. The molecule has 1 saturated heterocycles. The van der Waals surface area contributed by atoms with Gasteiger partial charge in [0.25, 0.3) is 11.5 Å². The predicted octanol–water partition coefficient (Wildman–Crippen LogP) is 3.95. The SMILES string of the molecule is CC(C)c1cc(-c2n[nH]c(=O)n2-c2ccc3c(c2)c[n+](C2CCN(C(=O)c4ccc(CCc5c[nH]c6nc(N)[nH]c(=O)c56)cc4)CC2)n3C)c(O)cc1O. The summed E-state index contributed by atoms with van der Waals surface area (Å²) >= 11 is 0. The van der Waals surface area contributed by atoms with Gasteiger partial charge in [0.05, 0.1) is 29.1 Å². The molecule has 1 fully saturated rings. The van der Waals surface area contributed by atoms with Crippen molar-refractivity contribution < 1.29 is 19.7 Å². The van der Waals surface area contributed by atoms with Gasteiger partial charge in [-0.15, -0.1) is 4.68 Å². The molecule has 0 aliphatic carbocycles. The number of benzene rings is 3. The van der Waals surface area contributed by atoms with Gasteiger partial charge in [0.1, 0.15) is 22.7 Å². The number of nitrogens with two attached hydrogens (primary N) is 1. The third-order valence-electron chi connectivity index (χ3n) is 10.6. The molecule has 1 aliphatic rings. The van der Waals surface area contributed by atoms with E-state index in [-0.39, 0.29) is 46.7 Å². The molecule has 15 heteroatoms. The molecule has 0 radical (unpaired) electrons. The van der Waals surface area contributed by atoms with Crippen molar-refractivity contribution in [2.75, 3.05) is 18.8 Å². The second-order valence-electron chi connectivity index (χ2n) is 14.3. The van der Waals surface area contributed by atoms with E-state index in [2.05, 4.69) is 40.7 Å². The molecule has 7 N–H and O–H groups in total. The summed E-state index contributed by atoms with van der Waals surface area (Å²) in [6.07, 6.45) is 6.74. The van der Waals surface area contributed by atoms with E-state index in [1.807, 2.05) is 68.3 Å². The zero-order valence-electron chi connectivity index (χ0n) is 30.1. The summed E-state index contributed by atoms with van der Waals surface area (Å²) in [5, 5.41) is 29.3. The van der Waals surface area contributed by atoms with Gasteiger partial charge in [0, 0.05) is 43.8 Å². The third-order valence-corrected chi connectivity index (χ3v) is 10.6. The summed E-state index contributed by atoms with van der Waals surface area (Å²) in [6.45, 7) is 5.09. The van der Waals surface area contributed by atoms with Crippen LogP contribution in [0.3, 0.4) is 0 Å². The quantitative estimate of drug-likeness (QED) is 0.126. The van der Waals surface area contributed by atoms with Crippen molar-refractivity contribution in [1.82, 2.24) is 39.3 Å². The Morgan fingerprint density at radius 2 is 1.78 bits per heavy atom. The number of aromatic nitrogens is 8. The Morgan fingerprint density at radius 3 is 2.52 bits per heavy atom. The average Bonchev–Trinajstić information content (AvgIpc) is 3.85. The van der Waals surface area contributed by atoms with E-state index in [1.54, 1.807) is 12.3 Å². The Kier molecular flexibility index (Phi) is 8.55. The average molecular weight is 730 g/mol. The first-order valence-corrected chi connectivity index (χ1v) is 18.0. The summed E-state index contributed by atoms with van der Waals surface area (Å²) < 4.78 is 5.71. The molecule has 0 saturated carbocycles. The number of nitrogens with one attached hydrogen (secondary N) is 3. The number of likely N-dealkylation sites (tertiary alicyclic amines) is 1. The number of nitrogens with zero attached hydrogens (tertiary/aromatic N) is 6. The molecule has 54 heavy (non-hydrogen) atoms. The fourth-order valence-corrected chi connectivity index (χ4v) is 7.66. The molecule has 0 atom stereocenters. The lowest BCUT2D eigenvalue weighted by Gasteiger charge is -2.29. The minimum atomic E-state index is -0.453. The molecular weight excluding hydrogens is 688 g/mol. The molecule has 5 heterocycles. The van der Waals surface area contributed by atoms with Crippen LogP contribution in [0, 0.1) is 0 Å². The Bertz CT molecular complexity index is 2670. The molecule has 0 spiro atoms. The van der Waals surface area contributed by atoms with E-state index in [0.29, 0.717) is 59.3 Å². The lowest BCUT2D eigenvalue weighted by atomic mass is 9.98. The molecule has 7 aromatic rings. The standard InChI is InChI=1S/C39H40N10O5/c1-21(2)28-17-29(32(51)18-31(28)50)35-44-45-39(54)49(35)27-10-11-30-25(16-27)20-48(46(30)3)26-12-14-47(15-13-26)37(53)23-7-4-22(5-8-23)6-9-24-19-41-34-33(24)36(52)43-38(40)42-34/h4-5,7-8,10-11,16-21,26H,6,9,12-15H2,1-3H3,(H6-,40,41,42,43,44,45,50,51,52,54)/p+1. The van der Waals surface area contributed by atoms with Crippen LogP contribution in [-0.4, -0.2) is 68.5 Å². The van der Waals surface area contributed by atoms with E-state index in [9.17, 15) is 24.6 Å². The number of hydrogen-bond acceptors (Lipinski definition) is 8. The maximum Gasteiger partial charge on any atom is 0.348 e. The topological polar surface area (TPSA) is 208 Å². The minimum Gasteiger partial charge on any atom is -0.508 e. The molecule has 4 aromatic heterocycles. The third kappa shape index (κ3) is 6.06. The van der Waals surface area contributed by atoms with E-state index >= 15 is 0 Å². The largest absolute Gasteiger partial charge is 0.508 e. The van der Waals surface area contributed by atoms with Crippen LogP contribution in [0.1, 0.15) is 65.7 Å². The molecular formula is C39H41N10O5+. The van der Waals surface area contributed by atoms with Crippen molar-refractivity contribution in [3.8, 4) is 28.6 Å². The monoisotopic (exact) mass is 729 g/mol. The van der Waals surface area contributed by atoms with Crippen molar-refractivity contribution in [3.63, 3.8) is 0 Å². The zero-order valence-corrected chi connectivity index (χ0v) is 30.1. The first-order chi connectivity index (χ1) is 26.0. The zero-order chi connectivity index (χ0) is 37.8. The normalized spacial score (nSPS) is 13.8. The highest BCUT2D eigenvalue weighted by molar-refractivity contribution is 5.94. The number of piperidine rings is 1. The highest BCUT2D eigenvalue weighted by Gasteiger charge is 2.32. The van der Waals surface area contributed by atoms with Crippen LogP contribution in [0.4, 0.5) is 5.95 Å². The Morgan fingerprint density at radius 1 is 1.02 bits per heavy atom. The van der Waals surface area contributed by atoms with Crippen molar-refractivity contribution in [1.29, 1.82) is 0 Å². The lowest BCUT2D eigenvalue weighted by Crippen LogP contribution is -2.51. The maximum atomic E-state index is 13.5. The smallest absolute Gasteiger partial charge is 0.348 e. The number of phenolic OH excluding ortho intramolecular Hbond substituents is 2. The summed E-state index contributed by atoms with van der Waals surface area (Å²) in [4.78, 5) is 50.6. The van der Waals surface area contributed by atoms with Crippen LogP contribution in [0.15, 0.2) is 76.6 Å². The number of hydrogen-bond donors (Lipinski definition) is 6. The van der Waals surface area contributed by atoms with Gasteiger partial charge in [-0.2, -0.15) is 14.8 Å². The second kappa shape index (κ2) is 13.4. The fourth-order valence-electron chi connectivity index (χ4n) is 7.66. The molecule has 0 unspecified atom stereocenters. The number of anilines is 1. The van der Waals surface area contributed by atoms with Gasteiger partial charge in [-0.25, -0.2) is 14.5 Å². The van der Waals surface area contributed by atoms with Gasteiger partial charge in [0.15, 0.2) is 11.9 Å². The second-order valence-corrected chi connectivity index (χ2v) is 14.3. The molecule has 3 aromatic carbocycles. The van der Waals surface area contributed by atoms with Crippen molar-refractivity contribution in [2.24, 2.45) is 7.05 Å². The number of carbonyl (C=O) groups is 1. The molecule has 1 amide bonds. The van der Waals surface area contributed by atoms with Crippen LogP contribution in [0.2, 0.25) is 0 Å². The van der Waals surface area contributed by atoms with Crippen LogP contribution in [0.5, 0.6) is 11.5 Å². The van der Waals surface area contributed by atoms with Crippen molar-refractivity contribution in [2.45, 2.75) is 51.5 Å². The highest BCUT2D eigenvalue weighted by Crippen LogP contribution is 2.37. The number of amides is 1. The summed E-state index contributed by atoms with van der Waals surface area (Å²) in [5.74, 6) is 0.0979. The van der Waals surface area contributed by atoms with E-state index in [4.69, 9.17) is 5.73 Å². The number of carbonyl (C=O) groups excluding carboxylic acids is 1. The molecule has 0 bridgehead atoms. The number of aryl methyl sites for hydroxylation is 3. The number of H-pyrrole nitrogens is 3. The number of nitrogen functional groups attached to an aromatic ring is 1. The summed E-state index contributed by atoms with van der Waals surface area (Å²) in [6, 6.07) is 16.5. The van der Waals surface area contributed by atoms with Gasteiger partial charge < -0.3 is 25.8 Å².